The minimum atomic E-state index is -5.81. The van der Waals surface area contributed by atoms with Gasteiger partial charge in [-0.1, -0.05) is 39.5 Å². The molecule has 91 heavy (non-hydrogen) atoms. The number of sulfonamides is 1. The van der Waals surface area contributed by atoms with Gasteiger partial charge in [-0.25, -0.2) is 44.6 Å². The first-order valence-corrected chi connectivity index (χ1v) is 38.5. The number of carbonyl (C=O) groups excluding carboxylic acids is 2. The zero-order valence-electron chi connectivity index (χ0n) is 48.1. The molecule has 3 aromatic carbocycles. The van der Waals surface area contributed by atoms with E-state index in [0.717, 1.165) is 117 Å². The number of anilines is 2. The number of H-pyrrole nitrogens is 1. The van der Waals surface area contributed by atoms with Gasteiger partial charge in [0.05, 0.1) is 45.6 Å². The number of nitrogens with zero attached hydrogens (tertiary/aromatic N) is 4. The number of fused-ring (bicyclic) bond motifs is 5. The van der Waals surface area contributed by atoms with Crippen LogP contribution >= 0.6 is 45.1 Å². The fourth-order valence-corrected chi connectivity index (χ4v) is 18.8. The Balaban J connectivity index is 0.642. The molecule has 0 radical (unpaired) electrons. The first kappa shape index (κ1) is 66.7. The average Bonchev–Trinajstić information content (AvgIpc) is 1.31. The molecule has 6 aliphatic rings. The van der Waals surface area contributed by atoms with Crippen LogP contribution in [0, 0.1) is 11.8 Å². The van der Waals surface area contributed by atoms with Crippen molar-refractivity contribution in [3.63, 3.8) is 0 Å². The third-order valence-electron chi connectivity index (χ3n) is 15.7. The molecule has 490 valence electrons. The number of nitrogens with two attached hydrogens (primary N) is 1. The highest BCUT2D eigenvalue weighted by atomic mass is 33.1. The average molecular weight is 1400 g/mol. The monoisotopic (exact) mass is 1400 g/mol. The number of phosphoric acid groups is 3. The van der Waals surface area contributed by atoms with E-state index in [1.165, 1.54) is 44.5 Å². The first-order valence-electron chi connectivity index (χ1n) is 28.6. The molecule has 2 aromatic heterocycles. The van der Waals surface area contributed by atoms with Gasteiger partial charge < -0.3 is 69.3 Å². The van der Waals surface area contributed by atoms with Crippen LogP contribution in [0.15, 0.2) is 51.1 Å². The summed E-state index contributed by atoms with van der Waals surface area (Å²) in [7, 11) is -24.0. The predicted molar refractivity (Wildman–Crippen MR) is 328 cm³/mol. The van der Waals surface area contributed by atoms with Gasteiger partial charge in [0.15, 0.2) is 5.65 Å². The van der Waals surface area contributed by atoms with Crippen molar-refractivity contribution >= 4 is 105 Å². The van der Waals surface area contributed by atoms with Crippen LogP contribution in [0.5, 0.6) is 11.5 Å². The van der Waals surface area contributed by atoms with Crippen LogP contribution in [0.2, 0.25) is 0 Å². The summed E-state index contributed by atoms with van der Waals surface area (Å²) in [4.78, 5) is 82.6. The van der Waals surface area contributed by atoms with Crippen molar-refractivity contribution in [2.75, 3.05) is 81.2 Å². The normalized spacial score (nSPS) is 19.8. The van der Waals surface area contributed by atoms with Crippen LogP contribution < -0.4 is 51.4 Å². The van der Waals surface area contributed by atoms with Crippen LogP contribution in [-0.2, 0) is 86.9 Å². The van der Waals surface area contributed by atoms with Crippen LogP contribution in [0.3, 0.4) is 0 Å². The molecule has 2 unspecified atom stereocenters. The van der Waals surface area contributed by atoms with Crippen LogP contribution in [0.4, 0.5) is 16.4 Å². The number of aromatic nitrogens is 3. The highest BCUT2D eigenvalue weighted by Gasteiger charge is 2.44. The summed E-state index contributed by atoms with van der Waals surface area (Å²) in [6, 6.07) is 7.71. The second-order valence-electron chi connectivity index (χ2n) is 21.8. The van der Waals surface area contributed by atoms with Crippen molar-refractivity contribution in [2.24, 2.45) is 0 Å². The topological polar surface area (TPSA) is 452 Å². The number of rotatable bonds is 23. The molecule has 5 aromatic rings. The molecular formula is C53H62N9O22P3S4. The number of aromatic amines is 1. The van der Waals surface area contributed by atoms with E-state index in [4.69, 9.17) is 29.7 Å². The molecule has 1 fully saturated rings. The van der Waals surface area contributed by atoms with Gasteiger partial charge in [-0.15, -0.1) is 0 Å². The number of aliphatic hydroxyl groups is 1. The Hall–Kier alpha value is -5.70. The Morgan fingerprint density at radius 2 is 1.64 bits per heavy atom. The summed E-state index contributed by atoms with van der Waals surface area (Å²) in [5.74, 6) is 6.71. The van der Waals surface area contributed by atoms with Gasteiger partial charge >= 0.3 is 29.6 Å². The van der Waals surface area contributed by atoms with E-state index in [0.29, 0.717) is 39.4 Å². The Morgan fingerprint density at radius 1 is 0.901 bits per heavy atom. The molecular weight excluding hydrogens is 1340 g/mol. The molecule has 0 saturated carbocycles. The lowest BCUT2D eigenvalue weighted by molar-refractivity contribution is -0.120. The molecule has 0 spiro atoms. The highest BCUT2D eigenvalue weighted by molar-refractivity contribution is 8.76. The number of amides is 2. The van der Waals surface area contributed by atoms with E-state index in [1.54, 1.807) is 0 Å². The van der Waals surface area contributed by atoms with Gasteiger partial charge in [0.25, 0.3) is 5.56 Å². The minimum Gasteiger partial charge on any atom is -0.744 e. The molecule has 31 nitrogen and oxygen atoms in total. The summed E-state index contributed by atoms with van der Waals surface area (Å²) in [6.45, 7) is 2.34. The number of aryl methyl sites for hydroxylation is 2. The number of hydrogen-bond acceptors (Lipinski definition) is 23. The largest absolute Gasteiger partial charge is 0.744 e. The van der Waals surface area contributed by atoms with Crippen molar-refractivity contribution in [1.29, 1.82) is 0 Å². The molecule has 8 heterocycles. The molecule has 38 heteroatoms. The molecule has 5 atom stereocenters. The predicted octanol–water partition coefficient (Wildman–Crippen LogP) is 1.58. The minimum absolute atomic E-state index is 0.0150. The van der Waals surface area contributed by atoms with Crippen LogP contribution in [0.25, 0.3) is 16.6 Å². The van der Waals surface area contributed by atoms with E-state index in [1.807, 2.05) is 0 Å². The third-order valence-corrected chi connectivity index (χ3v) is 24.2. The van der Waals surface area contributed by atoms with Gasteiger partial charge in [-0.3, -0.25) is 19.1 Å². The summed E-state index contributed by atoms with van der Waals surface area (Å²) < 4.78 is 139. The molecule has 6 aliphatic heterocycles. The molecule has 11 rings (SSSR count). The number of benzene rings is 3. The standard InChI is InChI=1S/C53H62N9O22P3S4/c54-52-58-50-44(51(65)59-52)32(28-62(50)43-27-39(63)40(81-43)29-80-86(70,71)84-87(72,73)83-85(67,68)69)6-1-14-56-53(66)79-21-23-89-88-22-16-55-42(64)13-15-57-90(74,75)33-11-12-34(41(26-33)91(76,77)78)45-37-24-30-7-2-17-60-19-4-9-35(46(30)60)48(37)82-49-36-10-5-20-61-18-3-8-31(47(36)61)25-38(45)49/h11-12,24-26,28,39-40,43,57,63H,2-5,7-10,13-23,27,29H2,(H9-,54,55,56,58,59,64,65,66,67,68,69,70,71,72,73,76,77,78)/t39-,40+,43+/m0/s1. The maximum absolute atomic E-state index is 13.8. The zero-order valence-corrected chi connectivity index (χ0v) is 54.0. The van der Waals surface area contributed by atoms with Crippen molar-refractivity contribution in [2.45, 2.75) is 92.4 Å². The van der Waals surface area contributed by atoms with Crippen LogP contribution in [-0.4, -0.2) is 155 Å². The van der Waals surface area contributed by atoms with Crippen molar-refractivity contribution in [3.05, 3.63) is 96.4 Å². The van der Waals surface area contributed by atoms with Crippen LogP contribution in [0.1, 0.15) is 83.7 Å². The molecule has 2 amide bonds. The maximum atomic E-state index is 13.8. The van der Waals surface area contributed by atoms with Crippen molar-refractivity contribution < 1.29 is 96.7 Å². The lowest BCUT2D eigenvalue weighted by atomic mass is 9.82. The zero-order chi connectivity index (χ0) is 64.8. The number of nitrogen functional groups attached to an aromatic ring is 1. The van der Waals surface area contributed by atoms with Gasteiger partial charge in [-0.05, 0) is 68.4 Å². The number of phosphoric ester groups is 1. The first-order chi connectivity index (χ1) is 43.1. The second-order valence-corrected chi connectivity index (χ2v) is 32.0. The Bertz CT molecular complexity index is 4440. The summed E-state index contributed by atoms with van der Waals surface area (Å²) >= 11 is 0. The lowest BCUT2D eigenvalue weighted by Crippen LogP contribution is -2.45. The number of hydrogen-bond donors (Lipinski definition) is 10. The molecule has 0 aliphatic carbocycles. The summed E-state index contributed by atoms with van der Waals surface area (Å²) in [5, 5.41) is 17.6. The molecule has 0 bridgehead atoms. The Labute approximate surface area is 527 Å². The van der Waals surface area contributed by atoms with Crippen molar-refractivity contribution in [1.82, 2.24) is 34.5 Å². The molecule has 11 N–H and O–H groups in total. The lowest BCUT2D eigenvalue weighted by Gasteiger charge is -2.39. The van der Waals surface area contributed by atoms with E-state index in [-0.39, 0.29) is 67.2 Å². The second kappa shape index (κ2) is 27.0. The summed E-state index contributed by atoms with van der Waals surface area (Å²) in [6.07, 6.45) is 2.92. The number of ether oxygens (including phenoxy) is 3. The Morgan fingerprint density at radius 3 is 2.41 bits per heavy atom. The molecule has 1 saturated heterocycles. The number of carbonyl (C=O) groups is 2. The van der Waals surface area contributed by atoms with E-state index >= 15 is 0 Å². The van der Waals surface area contributed by atoms with Gasteiger partial charge in [-0.2, -0.15) is 13.6 Å². The third kappa shape index (κ3) is 15.1. The number of aliphatic hydroxyl groups excluding tert-OH is 1. The summed E-state index contributed by atoms with van der Waals surface area (Å²) in [5.41, 5.74) is 11.9. The van der Waals surface area contributed by atoms with Crippen molar-refractivity contribution in [3.8, 4) is 23.3 Å². The quantitative estimate of drug-likeness (QED) is 0.0109. The van der Waals surface area contributed by atoms with E-state index in [2.05, 4.69) is 71.9 Å². The Kier molecular flexibility index (Phi) is 19.8. The van der Waals surface area contributed by atoms with Gasteiger partial charge in [0, 0.05) is 108 Å². The highest BCUT2D eigenvalue weighted by Crippen LogP contribution is 2.66. The van der Waals surface area contributed by atoms with E-state index < -0.39 is 96.0 Å². The maximum Gasteiger partial charge on any atom is 0.490 e. The number of nitrogens with one attached hydrogen (secondary N) is 4. The van der Waals surface area contributed by atoms with Gasteiger partial charge in [0.1, 0.15) is 53.6 Å². The van der Waals surface area contributed by atoms with E-state index in [9.17, 15) is 64.4 Å². The fraction of sp³-hybridized carbons (Fsp3) is 0.453. The fourth-order valence-electron chi connectivity index (χ4n) is 12.2. The smallest absolute Gasteiger partial charge is 0.490 e. The SMILES string of the molecule is Nc1nc2c(c(C#CCNC(=O)OCCSSCCNC(=O)CCNS(=O)(=O)c3ccc(C4=c5cc6c7c(c5Oc5c4cc4c8c5CCCN8CCC4)CCC[N+]=7CCC6)c(S(=O)(=O)[O-])c3)cn2[C@H]2C[C@H](O)[C@@H](COP(=O)(O)OP(=O)(O)OP(=O)(O)O)O2)c(=O)[nH]1. The number of alkyl carbamates (subject to hydrolysis) is 1. The van der Waals surface area contributed by atoms with Gasteiger partial charge in [0.2, 0.25) is 27.2 Å².